The monoisotopic (exact) mass is 254 g/mol. The van der Waals surface area contributed by atoms with Gasteiger partial charge in [-0.05, 0) is 31.1 Å². The second-order valence-corrected chi connectivity index (χ2v) is 6.62. The van der Waals surface area contributed by atoms with Gasteiger partial charge < -0.3 is 9.47 Å². The van der Waals surface area contributed by atoms with Gasteiger partial charge in [0.1, 0.15) is 0 Å². The Labute approximate surface area is 112 Å². The first-order chi connectivity index (χ1) is 8.68. The normalized spacial score (nSPS) is 41.8. The molecular formula is C16H30O2. The molecule has 0 bridgehead atoms. The van der Waals surface area contributed by atoms with Crippen LogP contribution in [0.2, 0.25) is 0 Å². The second-order valence-electron chi connectivity index (χ2n) is 6.62. The molecule has 1 aliphatic carbocycles. The second kappa shape index (κ2) is 6.38. The van der Waals surface area contributed by atoms with Crippen LogP contribution in [-0.4, -0.2) is 19.5 Å². The van der Waals surface area contributed by atoms with Gasteiger partial charge in [0.25, 0.3) is 0 Å². The van der Waals surface area contributed by atoms with Crippen LogP contribution in [0.3, 0.4) is 0 Å². The summed E-state index contributed by atoms with van der Waals surface area (Å²) in [5.41, 5.74) is 0.267. The van der Waals surface area contributed by atoms with Gasteiger partial charge in [0.15, 0.2) is 6.29 Å². The highest BCUT2D eigenvalue weighted by molar-refractivity contribution is 4.88. The molecule has 0 aromatic carbocycles. The van der Waals surface area contributed by atoms with Crippen LogP contribution < -0.4 is 0 Å². The third-order valence-corrected chi connectivity index (χ3v) is 5.06. The lowest BCUT2D eigenvalue weighted by Gasteiger charge is -2.45. The van der Waals surface area contributed by atoms with Gasteiger partial charge in [-0.2, -0.15) is 0 Å². The molecule has 0 aromatic heterocycles. The van der Waals surface area contributed by atoms with Crippen LogP contribution in [0.15, 0.2) is 0 Å². The lowest BCUT2D eigenvalue weighted by molar-refractivity contribution is -0.239. The Balaban J connectivity index is 1.81. The van der Waals surface area contributed by atoms with E-state index in [-0.39, 0.29) is 11.7 Å². The van der Waals surface area contributed by atoms with Crippen molar-refractivity contribution in [3.05, 3.63) is 0 Å². The van der Waals surface area contributed by atoms with Gasteiger partial charge in [-0.15, -0.1) is 0 Å². The minimum Gasteiger partial charge on any atom is -0.352 e. The summed E-state index contributed by atoms with van der Waals surface area (Å²) in [5.74, 6) is 1.80. The standard InChI is InChI=1S/C16H30O2/c1-4-6-13-7-9-14(10-8-13)16(3)11-17-15(5-2)18-12-16/h13-15H,4-12H2,1-3H3/t13?,14?,15-,16+. The number of hydrogen-bond donors (Lipinski definition) is 0. The first-order valence-corrected chi connectivity index (χ1v) is 7.91. The average Bonchev–Trinajstić information content (AvgIpc) is 2.41. The van der Waals surface area contributed by atoms with Crippen molar-refractivity contribution in [2.75, 3.05) is 13.2 Å². The lowest BCUT2D eigenvalue weighted by atomic mass is 9.67. The van der Waals surface area contributed by atoms with E-state index in [0.29, 0.717) is 0 Å². The topological polar surface area (TPSA) is 18.5 Å². The molecule has 2 fully saturated rings. The van der Waals surface area contributed by atoms with E-state index in [0.717, 1.165) is 31.5 Å². The SMILES string of the molecule is CCCC1CCC([C@]2(C)CO[C@H](CC)OC2)CC1. The molecule has 2 heteroatoms. The molecule has 18 heavy (non-hydrogen) atoms. The molecule has 1 saturated heterocycles. The van der Waals surface area contributed by atoms with E-state index in [1.54, 1.807) is 0 Å². The van der Waals surface area contributed by atoms with Crippen LogP contribution in [0.4, 0.5) is 0 Å². The number of hydrogen-bond acceptors (Lipinski definition) is 2. The molecule has 1 aliphatic heterocycles. The molecule has 0 aromatic rings. The van der Waals surface area contributed by atoms with Gasteiger partial charge in [0.05, 0.1) is 13.2 Å². The van der Waals surface area contributed by atoms with E-state index in [1.807, 2.05) is 0 Å². The molecule has 0 N–H and O–H groups in total. The van der Waals surface area contributed by atoms with E-state index in [2.05, 4.69) is 20.8 Å². The summed E-state index contributed by atoms with van der Waals surface area (Å²) in [4.78, 5) is 0. The molecule has 1 saturated carbocycles. The van der Waals surface area contributed by atoms with Crippen molar-refractivity contribution < 1.29 is 9.47 Å². The smallest absolute Gasteiger partial charge is 0.157 e. The van der Waals surface area contributed by atoms with Gasteiger partial charge in [-0.3, -0.25) is 0 Å². The molecule has 0 spiro atoms. The van der Waals surface area contributed by atoms with Gasteiger partial charge in [-0.1, -0.05) is 46.5 Å². The van der Waals surface area contributed by atoms with Crippen LogP contribution in [0.1, 0.15) is 65.7 Å². The van der Waals surface area contributed by atoms with E-state index in [1.165, 1.54) is 38.5 Å². The Morgan fingerprint density at radius 2 is 1.61 bits per heavy atom. The molecule has 106 valence electrons. The molecule has 2 nitrogen and oxygen atoms in total. The van der Waals surface area contributed by atoms with Crippen molar-refractivity contribution in [3.63, 3.8) is 0 Å². The fraction of sp³-hybridized carbons (Fsp3) is 1.00. The lowest BCUT2D eigenvalue weighted by Crippen LogP contribution is -2.45. The van der Waals surface area contributed by atoms with Crippen LogP contribution in [0.5, 0.6) is 0 Å². The highest BCUT2D eigenvalue weighted by atomic mass is 16.7. The van der Waals surface area contributed by atoms with Gasteiger partial charge >= 0.3 is 0 Å². The molecule has 2 rings (SSSR count). The first kappa shape index (κ1) is 14.3. The minimum absolute atomic E-state index is 0.0505. The maximum atomic E-state index is 5.85. The van der Waals surface area contributed by atoms with Crippen molar-refractivity contribution in [2.24, 2.45) is 17.3 Å². The third kappa shape index (κ3) is 3.27. The zero-order chi connectivity index (χ0) is 13.0. The highest BCUT2D eigenvalue weighted by Gasteiger charge is 2.40. The average molecular weight is 254 g/mol. The van der Waals surface area contributed by atoms with E-state index >= 15 is 0 Å². The Bertz CT molecular complexity index is 235. The predicted octanol–water partition coefficient (Wildman–Crippen LogP) is 4.38. The summed E-state index contributed by atoms with van der Waals surface area (Å²) in [7, 11) is 0. The van der Waals surface area contributed by atoms with Crippen molar-refractivity contribution in [3.8, 4) is 0 Å². The fourth-order valence-corrected chi connectivity index (χ4v) is 3.68. The summed E-state index contributed by atoms with van der Waals surface area (Å²) >= 11 is 0. The van der Waals surface area contributed by atoms with Crippen LogP contribution in [0.25, 0.3) is 0 Å². The Morgan fingerprint density at radius 1 is 1.00 bits per heavy atom. The van der Waals surface area contributed by atoms with Crippen LogP contribution in [0, 0.1) is 17.3 Å². The summed E-state index contributed by atoms with van der Waals surface area (Å²) in [6, 6.07) is 0. The first-order valence-electron chi connectivity index (χ1n) is 7.91. The third-order valence-electron chi connectivity index (χ3n) is 5.06. The zero-order valence-electron chi connectivity index (χ0n) is 12.4. The van der Waals surface area contributed by atoms with Crippen molar-refractivity contribution in [1.29, 1.82) is 0 Å². The van der Waals surface area contributed by atoms with Crippen molar-refractivity contribution >= 4 is 0 Å². The van der Waals surface area contributed by atoms with Gasteiger partial charge in [-0.25, -0.2) is 0 Å². The maximum Gasteiger partial charge on any atom is 0.157 e. The molecule has 0 unspecified atom stereocenters. The summed E-state index contributed by atoms with van der Waals surface area (Å²) in [6.07, 6.45) is 9.39. The maximum absolute atomic E-state index is 5.85. The minimum atomic E-state index is 0.0505. The summed E-state index contributed by atoms with van der Waals surface area (Å²) in [6.45, 7) is 8.59. The number of rotatable bonds is 4. The van der Waals surface area contributed by atoms with Crippen LogP contribution in [-0.2, 0) is 9.47 Å². The van der Waals surface area contributed by atoms with E-state index in [9.17, 15) is 0 Å². The summed E-state index contributed by atoms with van der Waals surface area (Å²) in [5, 5.41) is 0. The number of ether oxygens (including phenoxy) is 2. The van der Waals surface area contributed by atoms with Crippen LogP contribution >= 0.6 is 0 Å². The fourth-order valence-electron chi connectivity index (χ4n) is 3.68. The molecule has 0 radical (unpaired) electrons. The Kier molecular flexibility index (Phi) is 5.08. The molecule has 0 atom stereocenters. The Morgan fingerprint density at radius 3 is 2.11 bits per heavy atom. The predicted molar refractivity (Wildman–Crippen MR) is 74.4 cm³/mol. The van der Waals surface area contributed by atoms with Gasteiger partial charge in [0.2, 0.25) is 0 Å². The van der Waals surface area contributed by atoms with Crippen molar-refractivity contribution in [2.45, 2.75) is 72.0 Å². The quantitative estimate of drug-likeness (QED) is 0.741. The van der Waals surface area contributed by atoms with E-state index < -0.39 is 0 Å². The molecule has 2 aliphatic rings. The van der Waals surface area contributed by atoms with E-state index in [4.69, 9.17) is 9.47 Å². The molecule has 1 heterocycles. The summed E-state index contributed by atoms with van der Waals surface area (Å²) < 4.78 is 11.7. The largest absolute Gasteiger partial charge is 0.352 e. The van der Waals surface area contributed by atoms with Gasteiger partial charge in [0, 0.05) is 5.41 Å². The molecular weight excluding hydrogens is 224 g/mol. The molecule has 0 amide bonds. The Hall–Kier alpha value is -0.0800. The highest BCUT2D eigenvalue weighted by Crippen LogP contribution is 2.43. The zero-order valence-corrected chi connectivity index (χ0v) is 12.4. The van der Waals surface area contributed by atoms with Crippen molar-refractivity contribution in [1.82, 2.24) is 0 Å².